The quantitative estimate of drug-likeness (QED) is 0.466. The van der Waals surface area contributed by atoms with Crippen LogP contribution in [0.5, 0.6) is 0 Å². The number of allylic oxidation sites excluding steroid dienone is 1. The van der Waals surface area contributed by atoms with Gasteiger partial charge in [0.1, 0.15) is 6.61 Å². The van der Waals surface area contributed by atoms with Crippen LogP contribution in [0.2, 0.25) is 0 Å². The number of thiocarbonyl (C=S) groups is 1. The Kier molecular flexibility index (Phi) is 7.02. The van der Waals surface area contributed by atoms with Crippen molar-refractivity contribution in [2.24, 2.45) is 17.6 Å². The number of amides is 1. The van der Waals surface area contributed by atoms with E-state index >= 15 is 0 Å². The van der Waals surface area contributed by atoms with Gasteiger partial charge in [0.25, 0.3) is 0 Å². The molecule has 1 saturated heterocycles. The van der Waals surface area contributed by atoms with E-state index in [9.17, 15) is 14.4 Å². The average Bonchev–Trinajstić information content (AvgIpc) is 3.10. The van der Waals surface area contributed by atoms with Crippen molar-refractivity contribution in [2.75, 3.05) is 39.4 Å². The summed E-state index contributed by atoms with van der Waals surface area (Å²) in [6.07, 6.45) is 6.82. The van der Waals surface area contributed by atoms with Crippen LogP contribution in [0.4, 0.5) is 0 Å². The molecule has 158 valence electrons. The minimum atomic E-state index is -0.517. The maximum atomic E-state index is 12.7. The number of Topliss-reactive ketones (excluding diaryl/α,β-unsaturated/α-hetero) is 1. The summed E-state index contributed by atoms with van der Waals surface area (Å²) in [4.78, 5) is 40.5. The number of esters is 1. The van der Waals surface area contributed by atoms with E-state index in [2.05, 4.69) is 0 Å². The van der Waals surface area contributed by atoms with E-state index in [4.69, 9.17) is 27.4 Å². The monoisotopic (exact) mass is 421 g/mol. The molecule has 2 unspecified atom stereocenters. The van der Waals surface area contributed by atoms with Gasteiger partial charge in [-0.15, -0.1) is 0 Å². The van der Waals surface area contributed by atoms with E-state index < -0.39 is 5.92 Å². The summed E-state index contributed by atoms with van der Waals surface area (Å²) in [7, 11) is 0. The molecule has 2 aliphatic heterocycles. The molecule has 9 heteroatoms. The number of hydrogen-bond acceptors (Lipinski definition) is 7. The molecule has 0 saturated carbocycles. The Balaban J connectivity index is 1.44. The van der Waals surface area contributed by atoms with Gasteiger partial charge in [0.05, 0.1) is 36.1 Å². The molecular weight excluding hydrogens is 394 g/mol. The summed E-state index contributed by atoms with van der Waals surface area (Å²) in [5.41, 5.74) is 6.55. The number of hydrogen-bond donors (Lipinski definition) is 1. The molecule has 8 nitrogen and oxygen atoms in total. The van der Waals surface area contributed by atoms with Crippen molar-refractivity contribution in [1.82, 2.24) is 9.80 Å². The highest BCUT2D eigenvalue weighted by Gasteiger charge is 2.37. The van der Waals surface area contributed by atoms with Gasteiger partial charge < -0.3 is 25.0 Å². The van der Waals surface area contributed by atoms with Crippen LogP contribution in [0.15, 0.2) is 23.9 Å². The molecular formula is C20H27N3O5S. The number of likely N-dealkylation sites (tertiary alicyclic amines) is 1. The zero-order chi connectivity index (χ0) is 21.0. The molecule has 0 spiro atoms. The first-order valence-corrected chi connectivity index (χ1v) is 10.3. The number of ketones is 1. The van der Waals surface area contributed by atoms with Gasteiger partial charge >= 0.3 is 5.97 Å². The molecule has 0 radical (unpaired) electrons. The van der Waals surface area contributed by atoms with Crippen LogP contribution in [-0.2, 0) is 23.9 Å². The maximum absolute atomic E-state index is 12.7. The molecule has 0 aromatic heterocycles. The van der Waals surface area contributed by atoms with Crippen LogP contribution < -0.4 is 5.73 Å². The van der Waals surface area contributed by atoms with E-state index in [0.29, 0.717) is 39.1 Å². The van der Waals surface area contributed by atoms with E-state index in [1.165, 1.54) is 0 Å². The fraction of sp³-hybridized carbons (Fsp3) is 0.600. The topological polar surface area (TPSA) is 102 Å². The summed E-state index contributed by atoms with van der Waals surface area (Å²) >= 11 is 4.97. The summed E-state index contributed by atoms with van der Waals surface area (Å²) in [5, 5.41) is 0. The highest BCUT2D eigenvalue weighted by molar-refractivity contribution is 7.80. The number of nitrogens with two attached hydrogens (primary N) is 1. The van der Waals surface area contributed by atoms with Crippen LogP contribution in [0.3, 0.4) is 0 Å². The van der Waals surface area contributed by atoms with Crippen LogP contribution >= 0.6 is 12.2 Å². The van der Waals surface area contributed by atoms with Crippen molar-refractivity contribution >= 4 is 34.9 Å². The molecule has 0 bridgehead atoms. The van der Waals surface area contributed by atoms with E-state index in [1.54, 1.807) is 17.9 Å². The first-order valence-electron chi connectivity index (χ1n) is 9.91. The fourth-order valence-electron chi connectivity index (χ4n) is 3.91. The minimum absolute atomic E-state index is 0.000705. The lowest BCUT2D eigenvalue weighted by Crippen LogP contribution is -2.45. The predicted molar refractivity (Wildman–Crippen MR) is 110 cm³/mol. The average molecular weight is 422 g/mol. The van der Waals surface area contributed by atoms with Crippen molar-refractivity contribution < 1.29 is 23.9 Å². The largest absolute Gasteiger partial charge is 0.464 e. The van der Waals surface area contributed by atoms with Crippen molar-refractivity contribution in [3.8, 4) is 0 Å². The van der Waals surface area contributed by atoms with Crippen molar-refractivity contribution in [2.45, 2.75) is 25.9 Å². The molecule has 0 aromatic carbocycles. The Labute approximate surface area is 175 Å². The van der Waals surface area contributed by atoms with Gasteiger partial charge in [-0.1, -0.05) is 24.4 Å². The third-order valence-corrected chi connectivity index (χ3v) is 5.72. The van der Waals surface area contributed by atoms with E-state index in [0.717, 1.165) is 5.57 Å². The van der Waals surface area contributed by atoms with Gasteiger partial charge in [0.15, 0.2) is 5.78 Å². The first kappa shape index (κ1) is 21.4. The van der Waals surface area contributed by atoms with Crippen molar-refractivity contribution in [3.63, 3.8) is 0 Å². The second kappa shape index (κ2) is 9.49. The van der Waals surface area contributed by atoms with E-state index in [1.807, 2.05) is 17.2 Å². The Morgan fingerprint density at radius 3 is 2.69 bits per heavy atom. The number of fused-ring (bicyclic) bond motifs is 1. The lowest BCUT2D eigenvalue weighted by Gasteiger charge is -2.33. The van der Waals surface area contributed by atoms with Crippen LogP contribution in [0, 0.1) is 11.8 Å². The molecule has 1 fully saturated rings. The van der Waals surface area contributed by atoms with Crippen LogP contribution in [-0.4, -0.2) is 77.9 Å². The normalized spacial score (nSPS) is 24.3. The molecule has 3 aliphatic rings. The number of carbonyl (C=O) groups is 3. The highest BCUT2D eigenvalue weighted by Crippen LogP contribution is 2.31. The number of rotatable bonds is 7. The van der Waals surface area contributed by atoms with Crippen molar-refractivity contribution in [3.05, 3.63) is 23.9 Å². The van der Waals surface area contributed by atoms with Crippen LogP contribution in [0.1, 0.15) is 19.8 Å². The lowest BCUT2D eigenvalue weighted by molar-refractivity contribution is -0.152. The molecule has 2 atom stereocenters. The molecule has 3 rings (SSSR count). The van der Waals surface area contributed by atoms with Gasteiger partial charge in [-0.2, -0.15) is 0 Å². The van der Waals surface area contributed by atoms with Gasteiger partial charge in [-0.3, -0.25) is 9.59 Å². The lowest BCUT2D eigenvalue weighted by atomic mass is 9.83. The summed E-state index contributed by atoms with van der Waals surface area (Å²) < 4.78 is 10.4. The number of carbonyl (C=O) groups excluding carboxylic acids is 3. The van der Waals surface area contributed by atoms with Gasteiger partial charge in [0, 0.05) is 25.8 Å². The Morgan fingerprint density at radius 1 is 1.31 bits per heavy atom. The number of nitrogens with zero attached hydrogens (tertiary/aromatic N) is 2. The third kappa shape index (κ3) is 5.22. The molecule has 1 amide bonds. The Hall–Kier alpha value is -2.26. The zero-order valence-corrected chi connectivity index (χ0v) is 17.4. The number of piperidine rings is 1. The summed E-state index contributed by atoms with van der Waals surface area (Å²) in [5.74, 6) is -1.14. The third-order valence-electron chi connectivity index (χ3n) is 5.46. The first-order chi connectivity index (χ1) is 13.9. The van der Waals surface area contributed by atoms with Crippen molar-refractivity contribution in [1.29, 1.82) is 0 Å². The highest BCUT2D eigenvalue weighted by atomic mass is 32.1. The minimum Gasteiger partial charge on any atom is -0.464 e. The zero-order valence-electron chi connectivity index (χ0n) is 16.5. The smallest absolute Gasteiger partial charge is 0.332 e. The Bertz CT molecular complexity index is 742. The molecule has 1 aliphatic carbocycles. The molecule has 29 heavy (non-hydrogen) atoms. The maximum Gasteiger partial charge on any atom is 0.332 e. The molecule has 0 aromatic rings. The van der Waals surface area contributed by atoms with Gasteiger partial charge in [-0.05, 0) is 25.3 Å². The molecule has 2 N–H and O–H groups in total. The standard InChI is InChI=1S/C20H27N3O5S/c1-2-27-18(25)12-28-14-5-7-23(8-6-14)17(24)11-22-9-13-3-4-15(20(21)29)19(26)16(13)10-22/h3-4,9,14-16H,2,5-8,10-12H2,1H3,(H2,21,29). The molecule has 2 heterocycles. The second-order valence-electron chi connectivity index (χ2n) is 7.45. The summed E-state index contributed by atoms with van der Waals surface area (Å²) in [6, 6.07) is 0. The predicted octanol–water partition coefficient (Wildman–Crippen LogP) is 0.414. The SMILES string of the molecule is CCOC(=O)COC1CCN(C(=O)CN2C=C3C=CC(C(N)=S)C(=O)C3C2)CC1. The van der Waals surface area contributed by atoms with Gasteiger partial charge in [0.2, 0.25) is 5.91 Å². The fourth-order valence-corrected chi connectivity index (χ4v) is 4.10. The van der Waals surface area contributed by atoms with E-state index in [-0.39, 0.29) is 47.8 Å². The number of ether oxygens (including phenoxy) is 2. The Morgan fingerprint density at radius 2 is 2.03 bits per heavy atom. The summed E-state index contributed by atoms with van der Waals surface area (Å²) in [6.45, 7) is 3.92. The second-order valence-corrected chi connectivity index (χ2v) is 7.92. The van der Waals surface area contributed by atoms with Gasteiger partial charge in [-0.25, -0.2) is 4.79 Å². The van der Waals surface area contributed by atoms with Crippen LogP contribution in [0.25, 0.3) is 0 Å².